The van der Waals surface area contributed by atoms with Crippen molar-refractivity contribution in [1.82, 2.24) is 19.5 Å². The molecule has 146 valence electrons. The lowest BCUT2D eigenvalue weighted by Gasteiger charge is -2.23. The maximum Gasteiger partial charge on any atom is 0.291 e. The molecule has 2 aliphatic rings. The molecule has 1 aliphatic carbocycles. The van der Waals surface area contributed by atoms with Crippen LogP contribution in [-0.4, -0.2) is 44.3 Å². The first-order valence-corrected chi connectivity index (χ1v) is 9.66. The van der Waals surface area contributed by atoms with Crippen molar-refractivity contribution in [3.05, 3.63) is 22.0 Å². The summed E-state index contributed by atoms with van der Waals surface area (Å²) in [5, 5.41) is 18.1. The van der Waals surface area contributed by atoms with Gasteiger partial charge in [-0.25, -0.2) is 0 Å². The molecule has 2 aromatic heterocycles. The highest BCUT2D eigenvalue weighted by molar-refractivity contribution is 5.96. The van der Waals surface area contributed by atoms with Crippen molar-refractivity contribution < 1.29 is 9.90 Å². The number of anilines is 1. The third-order valence-electron chi connectivity index (χ3n) is 5.04. The summed E-state index contributed by atoms with van der Waals surface area (Å²) in [4.78, 5) is 27.7. The third-order valence-corrected chi connectivity index (χ3v) is 5.04. The van der Waals surface area contributed by atoms with Crippen molar-refractivity contribution in [2.24, 2.45) is 5.41 Å². The van der Waals surface area contributed by atoms with Gasteiger partial charge in [0, 0.05) is 31.7 Å². The summed E-state index contributed by atoms with van der Waals surface area (Å²) in [5.74, 6) is -0.0948. The van der Waals surface area contributed by atoms with Crippen LogP contribution in [0.3, 0.4) is 0 Å². The fraction of sp³-hybridized carbons (Fsp3) is 0.632. The Balaban J connectivity index is 1.89. The SMILES string of the molecule is CC(C)(C)Cn1c(O)c(C(=O)NC2CC2)c(=O)n2nc(N3CCCC3)cc12. The van der Waals surface area contributed by atoms with E-state index in [-0.39, 0.29) is 22.9 Å². The lowest BCUT2D eigenvalue weighted by Crippen LogP contribution is -2.35. The van der Waals surface area contributed by atoms with Gasteiger partial charge in [0.25, 0.3) is 11.5 Å². The van der Waals surface area contributed by atoms with Gasteiger partial charge in [0.1, 0.15) is 5.65 Å². The Hall–Kier alpha value is -2.51. The van der Waals surface area contributed by atoms with Gasteiger partial charge in [0.2, 0.25) is 5.88 Å². The van der Waals surface area contributed by atoms with E-state index >= 15 is 0 Å². The number of fused-ring (bicyclic) bond motifs is 1. The monoisotopic (exact) mass is 373 g/mol. The highest BCUT2D eigenvalue weighted by Crippen LogP contribution is 2.28. The van der Waals surface area contributed by atoms with Gasteiger partial charge in [-0.05, 0) is 31.1 Å². The highest BCUT2D eigenvalue weighted by atomic mass is 16.3. The average Bonchev–Trinajstić information content (AvgIpc) is 3.08. The molecule has 0 radical (unpaired) electrons. The largest absolute Gasteiger partial charge is 0.494 e. The Morgan fingerprint density at radius 1 is 1.30 bits per heavy atom. The van der Waals surface area contributed by atoms with E-state index in [1.807, 2.05) is 26.8 Å². The van der Waals surface area contributed by atoms with Crippen LogP contribution in [0.5, 0.6) is 5.88 Å². The van der Waals surface area contributed by atoms with Crippen molar-refractivity contribution in [2.75, 3.05) is 18.0 Å². The first-order chi connectivity index (χ1) is 12.7. The standard InChI is InChI=1S/C19H27N5O3/c1-19(2,3)11-23-14-10-13(22-8-4-5-9-22)21-24(14)18(27)15(17(23)26)16(25)20-12-6-7-12/h10,12,26H,4-9,11H2,1-3H3,(H,20,25). The van der Waals surface area contributed by atoms with Gasteiger partial charge in [-0.2, -0.15) is 4.52 Å². The number of carbonyl (C=O) groups excluding carboxylic acids is 1. The quantitative estimate of drug-likeness (QED) is 0.852. The van der Waals surface area contributed by atoms with E-state index in [9.17, 15) is 14.7 Å². The smallest absolute Gasteiger partial charge is 0.291 e. The summed E-state index contributed by atoms with van der Waals surface area (Å²) in [5.41, 5.74) is -0.446. The van der Waals surface area contributed by atoms with Crippen LogP contribution >= 0.6 is 0 Å². The van der Waals surface area contributed by atoms with Crippen LogP contribution in [0.1, 0.15) is 56.8 Å². The summed E-state index contributed by atoms with van der Waals surface area (Å²) < 4.78 is 2.90. The minimum absolute atomic E-state index is 0.0980. The number of nitrogens with zero attached hydrogens (tertiary/aromatic N) is 4. The first kappa shape index (κ1) is 17.9. The van der Waals surface area contributed by atoms with Crippen LogP contribution in [0.25, 0.3) is 5.65 Å². The van der Waals surface area contributed by atoms with Gasteiger partial charge in [0.05, 0.1) is 0 Å². The number of aromatic nitrogens is 3. The zero-order chi connectivity index (χ0) is 19.3. The number of hydrogen-bond donors (Lipinski definition) is 2. The molecular weight excluding hydrogens is 346 g/mol. The Bertz CT molecular complexity index is 943. The number of carbonyl (C=O) groups is 1. The van der Waals surface area contributed by atoms with E-state index in [2.05, 4.69) is 15.3 Å². The molecule has 1 saturated heterocycles. The molecule has 0 spiro atoms. The molecule has 8 nitrogen and oxygen atoms in total. The number of amides is 1. The Morgan fingerprint density at radius 2 is 1.96 bits per heavy atom. The summed E-state index contributed by atoms with van der Waals surface area (Å²) in [7, 11) is 0. The number of nitrogens with one attached hydrogen (secondary N) is 1. The number of aromatic hydroxyl groups is 1. The Kier molecular flexibility index (Phi) is 4.16. The minimum Gasteiger partial charge on any atom is -0.494 e. The average molecular weight is 373 g/mol. The van der Waals surface area contributed by atoms with Crippen molar-refractivity contribution in [3.8, 4) is 5.88 Å². The Morgan fingerprint density at radius 3 is 2.56 bits per heavy atom. The Labute approximate surface area is 157 Å². The number of hydrogen-bond acceptors (Lipinski definition) is 5. The highest BCUT2D eigenvalue weighted by Gasteiger charge is 2.30. The predicted octanol–water partition coefficient (Wildman–Crippen LogP) is 1.74. The van der Waals surface area contributed by atoms with E-state index in [1.54, 1.807) is 4.57 Å². The van der Waals surface area contributed by atoms with E-state index in [1.165, 1.54) is 4.52 Å². The first-order valence-electron chi connectivity index (χ1n) is 9.66. The molecule has 1 saturated carbocycles. The van der Waals surface area contributed by atoms with Gasteiger partial charge in [-0.15, -0.1) is 5.10 Å². The molecule has 0 aromatic carbocycles. The van der Waals surface area contributed by atoms with Crippen LogP contribution in [-0.2, 0) is 6.54 Å². The maximum absolute atomic E-state index is 13.0. The zero-order valence-electron chi connectivity index (χ0n) is 16.2. The molecule has 3 heterocycles. The molecule has 2 N–H and O–H groups in total. The van der Waals surface area contributed by atoms with Crippen molar-refractivity contribution in [2.45, 2.75) is 59.0 Å². The second kappa shape index (κ2) is 6.28. The van der Waals surface area contributed by atoms with Crippen LogP contribution in [0, 0.1) is 5.41 Å². The molecule has 1 aliphatic heterocycles. The fourth-order valence-corrected chi connectivity index (χ4v) is 3.56. The lowest BCUT2D eigenvalue weighted by atomic mass is 9.96. The molecule has 4 rings (SSSR count). The van der Waals surface area contributed by atoms with Gasteiger partial charge >= 0.3 is 0 Å². The van der Waals surface area contributed by atoms with Gasteiger partial charge in [-0.1, -0.05) is 20.8 Å². The molecule has 2 aromatic rings. The fourth-order valence-electron chi connectivity index (χ4n) is 3.56. The summed E-state index contributed by atoms with van der Waals surface area (Å²) in [6.07, 6.45) is 4.01. The topological polar surface area (TPSA) is 91.9 Å². The van der Waals surface area contributed by atoms with Crippen LogP contribution in [0.2, 0.25) is 0 Å². The van der Waals surface area contributed by atoms with Gasteiger partial charge in [-0.3, -0.25) is 14.2 Å². The van der Waals surface area contributed by atoms with Gasteiger partial charge in [0.15, 0.2) is 11.4 Å². The zero-order valence-corrected chi connectivity index (χ0v) is 16.2. The van der Waals surface area contributed by atoms with Crippen molar-refractivity contribution >= 4 is 17.4 Å². The van der Waals surface area contributed by atoms with Crippen LogP contribution in [0.4, 0.5) is 5.82 Å². The number of rotatable bonds is 4. The van der Waals surface area contributed by atoms with Crippen LogP contribution in [0.15, 0.2) is 10.9 Å². The normalized spacial score (nSPS) is 17.7. The van der Waals surface area contributed by atoms with E-state index in [0.717, 1.165) is 38.8 Å². The maximum atomic E-state index is 13.0. The minimum atomic E-state index is -0.573. The summed E-state index contributed by atoms with van der Waals surface area (Å²) >= 11 is 0. The molecule has 0 unspecified atom stereocenters. The second-order valence-corrected chi connectivity index (χ2v) is 8.86. The van der Waals surface area contributed by atoms with Crippen LogP contribution < -0.4 is 15.8 Å². The predicted molar refractivity (Wildman–Crippen MR) is 103 cm³/mol. The molecule has 0 atom stereocenters. The van der Waals surface area contributed by atoms with Crippen molar-refractivity contribution in [3.63, 3.8) is 0 Å². The molecular formula is C19H27N5O3. The molecule has 2 fully saturated rings. The summed E-state index contributed by atoms with van der Waals surface area (Å²) in [6.45, 7) is 8.39. The molecule has 0 bridgehead atoms. The van der Waals surface area contributed by atoms with E-state index in [4.69, 9.17) is 0 Å². The van der Waals surface area contributed by atoms with E-state index < -0.39 is 11.5 Å². The van der Waals surface area contributed by atoms with Gasteiger partial charge < -0.3 is 15.3 Å². The second-order valence-electron chi connectivity index (χ2n) is 8.86. The third kappa shape index (κ3) is 3.40. The summed E-state index contributed by atoms with van der Waals surface area (Å²) in [6, 6.07) is 1.93. The van der Waals surface area contributed by atoms with E-state index in [0.29, 0.717) is 18.0 Å². The van der Waals surface area contributed by atoms with Crippen molar-refractivity contribution in [1.29, 1.82) is 0 Å². The molecule has 8 heteroatoms. The molecule has 1 amide bonds. The lowest BCUT2D eigenvalue weighted by molar-refractivity contribution is 0.0944. The molecule has 27 heavy (non-hydrogen) atoms.